The van der Waals surface area contributed by atoms with Crippen LogP contribution < -0.4 is 0 Å². The summed E-state index contributed by atoms with van der Waals surface area (Å²) in [5.74, 6) is -0.203. The summed E-state index contributed by atoms with van der Waals surface area (Å²) >= 11 is -1.53. The number of halogens is 3. The first-order valence-electron chi connectivity index (χ1n) is 6.86. The number of carbonyl (C=O) groups is 1. The highest BCUT2D eigenvalue weighted by Gasteiger charge is 2.53. The Morgan fingerprint density at radius 1 is 1.24 bits per heavy atom. The first-order chi connectivity index (χ1) is 9.65. The SMILES string of the molecule is CCC(=O)C[S+](CC1CCCCC1)OS(=O)(=O)C(F)(F)F. The maximum atomic E-state index is 12.4. The van der Waals surface area contributed by atoms with Gasteiger partial charge < -0.3 is 0 Å². The first-order valence-corrected chi connectivity index (χ1v) is 9.75. The lowest BCUT2D eigenvalue weighted by Gasteiger charge is -2.20. The summed E-state index contributed by atoms with van der Waals surface area (Å²) in [5, 5.41) is 0. The highest BCUT2D eigenvalue weighted by Crippen LogP contribution is 2.30. The van der Waals surface area contributed by atoms with Gasteiger partial charge in [-0.3, -0.25) is 4.79 Å². The van der Waals surface area contributed by atoms with E-state index in [0.717, 1.165) is 32.1 Å². The number of hydrogen-bond acceptors (Lipinski definition) is 4. The Labute approximate surface area is 126 Å². The van der Waals surface area contributed by atoms with Crippen LogP contribution in [-0.4, -0.2) is 31.2 Å². The highest BCUT2D eigenvalue weighted by atomic mass is 32.3. The maximum Gasteiger partial charge on any atom is 0.527 e. The predicted octanol–water partition coefficient (Wildman–Crippen LogP) is 2.95. The number of carbonyl (C=O) groups excluding carboxylic acids is 1. The molecule has 0 bridgehead atoms. The Morgan fingerprint density at radius 2 is 1.81 bits per heavy atom. The monoisotopic (exact) mass is 349 g/mol. The van der Waals surface area contributed by atoms with E-state index in [1.54, 1.807) is 6.92 Å². The van der Waals surface area contributed by atoms with Crippen LogP contribution in [0.1, 0.15) is 45.4 Å². The molecule has 0 saturated heterocycles. The van der Waals surface area contributed by atoms with E-state index < -0.39 is 26.8 Å². The number of Topliss-reactive ketones (excluding diaryl/α,β-unsaturated/α-hetero) is 1. The van der Waals surface area contributed by atoms with E-state index in [1.807, 2.05) is 0 Å². The zero-order valence-corrected chi connectivity index (χ0v) is 13.5. The van der Waals surface area contributed by atoms with E-state index in [4.69, 9.17) is 0 Å². The second-order valence-corrected chi connectivity index (χ2v) is 8.53. The normalized spacial score (nSPS) is 19.4. The molecule has 4 nitrogen and oxygen atoms in total. The molecule has 1 unspecified atom stereocenters. The van der Waals surface area contributed by atoms with Crippen molar-refractivity contribution in [2.45, 2.75) is 51.0 Å². The topological polar surface area (TPSA) is 60.4 Å². The molecule has 0 heterocycles. The molecule has 0 radical (unpaired) electrons. The molecule has 0 N–H and O–H groups in total. The number of hydrogen-bond donors (Lipinski definition) is 0. The van der Waals surface area contributed by atoms with Crippen molar-refractivity contribution < 1.29 is 30.0 Å². The van der Waals surface area contributed by atoms with E-state index in [2.05, 4.69) is 3.63 Å². The minimum absolute atomic E-state index is 0.134. The maximum absolute atomic E-state index is 12.4. The molecule has 124 valence electrons. The molecule has 0 spiro atoms. The Bertz CT molecular complexity index is 442. The second kappa shape index (κ2) is 7.82. The van der Waals surface area contributed by atoms with Crippen molar-refractivity contribution in [3.63, 3.8) is 0 Å². The minimum atomic E-state index is -5.64. The molecule has 0 aromatic carbocycles. The molecule has 1 fully saturated rings. The number of ketones is 1. The van der Waals surface area contributed by atoms with Crippen LogP contribution in [0.25, 0.3) is 0 Å². The number of alkyl halides is 3. The highest BCUT2D eigenvalue weighted by molar-refractivity contribution is 8.03. The van der Waals surface area contributed by atoms with Gasteiger partial charge in [0.1, 0.15) is 5.75 Å². The third-order valence-corrected chi connectivity index (χ3v) is 6.87. The summed E-state index contributed by atoms with van der Waals surface area (Å²) in [6.07, 6.45) is 4.90. The van der Waals surface area contributed by atoms with Crippen LogP contribution in [0.3, 0.4) is 0 Å². The largest absolute Gasteiger partial charge is 0.527 e. The molecule has 0 amide bonds. The number of rotatable bonds is 7. The van der Waals surface area contributed by atoms with Gasteiger partial charge in [-0.1, -0.05) is 26.2 Å². The Hall–Kier alpha value is -0.280. The summed E-state index contributed by atoms with van der Waals surface area (Å²) < 4.78 is 63.8. The minimum Gasteiger partial charge on any atom is -0.294 e. The van der Waals surface area contributed by atoms with Crippen LogP contribution in [0.5, 0.6) is 0 Å². The average Bonchev–Trinajstić information content (AvgIpc) is 2.37. The summed E-state index contributed by atoms with van der Waals surface area (Å²) in [6.45, 7) is 1.59. The molecule has 1 rings (SSSR count). The van der Waals surface area contributed by atoms with Crippen molar-refractivity contribution in [2.24, 2.45) is 5.92 Å². The van der Waals surface area contributed by atoms with Crippen molar-refractivity contribution in [3.05, 3.63) is 0 Å². The molecule has 21 heavy (non-hydrogen) atoms. The van der Waals surface area contributed by atoms with Gasteiger partial charge in [-0.05, 0) is 16.5 Å². The van der Waals surface area contributed by atoms with Crippen molar-refractivity contribution in [3.8, 4) is 0 Å². The molecule has 1 aliphatic rings. The lowest BCUT2D eigenvalue weighted by Crippen LogP contribution is -2.34. The standard InChI is InChI=1S/C12H20F3O4S2/c1-2-11(16)9-20(8-10-6-4-3-5-7-10)19-21(17,18)12(13,14)15/h10H,2-9H2,1H3/q+1. The van der Waals surface area contributed by atoms with Gasteiger partial charge in [-0.15, -0.1) is 0 Å². The smallest absolute Gasteiger partial charge is 0.294 e. The summed E-state index contributed by atoms with van der Waals surface area (Å²) in [4.78, 5) is 11.5. The average molecular weight is 349 g/mol. The van der Waals surface area contributed by atoms with E-state index in [0.29, 0.717) is 0 Å². The fraction of sp³-hybridized carbons (Fsp3) is 0.917. The van der Waals surface area contributed by atoms with Crippen LogP contribution in [-0.2, 0) is 29.7 Å². The summed E-state index contributed by atoms with van der Waals surface area (Å²) in [6, 6.07) is 0. The quantitative estimate of drug-likeness (QED) is 0.524. The molecule has 0 aliphatic heterocycles. The van der Waals surface area contributed by atoms with E-state index >= 15 is 0 Å². The zero-order valence-electron chi connectivity index (χ0n) is 11.8. The van der Waals surface area contributed by atoms with Crippen LogP contribution in [0.15, 0.2) is 0 Å². The lowest BCUT2D eigenvalue weighted by atomic mass is 9.91. The van der Waals surface area contributed by atoms with Crippen molar-refractivity contribution >= 4 is 27.1 Å². The molecule has 1 saturated carbocycles. The van der Waals surface area contributed by atoms with Crippen LogP contribution in [0, 0.1) is 5.92 Å². The molecular weight excluding hydrogens is 329 g/mol. The van der Waals surface area contributed by atoms with Gasteiger partial charge in [-0.25, -0.2) is 0 Å². The Balaban J connectivity index is 2.74. The fourth-order valence-electron chi connectivity index (χ4n) is 2.17. The van der Waals surface area contributed by atoms with E-state index in [-0.39, 0.29) is 29.6 Å². The van der Waals surface area contributed by atoms with Gasteiger partial charge in [-0.2, -0.15) is 21.6 Å². The summed E-state index contributed by atoms with van der Waals surface area (Å²) in [5.41, 5.74) is -5.44. The van der Waals surface area contributed by atoms with Crippen molar-refractivity contribution in [2.75, 3.05) is 11.5 Å². The van der Waals surface area contributed by atoms with Crippen LogP contribution in [0.4, 0.5) is 13.2 Å². The first kappa shape index (κ1) is 18.8. The zero-order chi connectivity index (χ0) is 16.1. The van der Waals surface area contributed by atoms with Crippen LogP contribution >= 0.6 is 0 Å². The van der Waals surface area contributed by atoms with Crippen LogP contribution in [0.2, 0.25) is 0 Å². The lowest BCUT2D eigenvalue weighted by molar-refractivity contribution is -0.116. The molecule has 1 atom stereocenters. The predicted molar refractivity (Wildman–Crippen MR) is 75.0 cm³/mol. The second-order valence-electron chi connectivity index (χ2n) is 5.12. The van der Waals surface area contributed by atoms with Crippen molar-refractivity contribution in [1.82, 2.24) is 0 Å². The van der Waals surface area contributed by atoms with Gasteiger partial charge in [0.15, 0.2) is 17.0 Å². The van der Waals surface area contributed by atoms with Gasteiger partial charge in [0.2, 0.25) is 5.75 Å². The van der Waals surface area contributed by atoms with Gasteiger partial charge in [0, 0.05) is 12.3 Å². The molecular formula is C12H20F3O4S2+. The molecule has 1 aliphatic carbocycles. The van der Waals surface area contributed by atoms with Crippen molar-refractivity contribution in [1.29, 1.82) is 0 Å². The third kappa shape index (κ3) is 6.15. The van der Waals surface area contributed by atoms with E-state index in [1.165, 1.54) is 0 Å². The third-order valence-electron chi connectivity index (χ3n) is 3.33. The van der Waals surface area contributed by atoms with Gasteiger partial charge >= 0.3 is 15.6 Å². The van der Waals surface area contributed by atoms with Gasteiger partial charge in [0.25, 0.3) is 0 Å². The van der Waals surface area contributed by atoms with Gasteiger partial charge in [0.05, 0.1) is 0 Å². The van der Waals surface area contributed by atoms with E-state index in [9.17, 15) is 26.4 Å². The molecule has 0 aromatic heterocycles. The Morgan fingerprint density at radius 3 is 2.29 bits per heavy atom. The Kier molecular flexibility index (Phi) is 6.99. The molecule has 0 aromatic rings. The summed E-state index contributed by atoms with van der Waals surface area (Å²) in [7, 11) is -5.64. The molecule has 9 heteroatoms. The fourth-order valence-corrected chi connectivity index (χ4v) is 5.45.